The zero-order valence-corrected chi connectivity index (χ0v) is 14.9. The van der Waals surface area contributed by atoms with Gasteiger partial charge in [-0.3, -0.25) is 4.98 Å². The van der Waals surface area contributed by atoms with Crippen molar-refractivity contribution in [1.82, 2.24) is 19.9 Å². The van der Waals surface area contributed by atoms with Crippen molar-refractivity contribution in [2.24, 2.45) is 0 Å². The van der Waals surface area contributed by atoms with Crippen molar-refractivity contribution in [1.29, 1.82) is 0 Å². The second-order valence-corrected chi connectivity index (χ2v) is 6.33. The molecule has 3 heterocycles. The van der Waals surface area contributed by atoms with Crippen LogP contribution in [-0.4, -0.2) is 19.9 Å². The SMILES string of the molecule is Fc1ccc(-c2ccc3nc(-c4cccnc4)nc(-c4ncco4)c3c2)c(F)c1. The Morgan fingerprint density at radius 3 is 2.55 bits per heavy atom. The molecule has 5 rings (SSSR count). The Balaban J connectivity index is 1.76. The molecule has 2 aromatic carbocycles. The Labute approximate surface area is 163 Å². The van der Waals surface area contributed by atoms with Crippen LogP contribution in [0.1, 0.15) is 0 Å². The normalized spacial score (nSPS) is 11.1. The van der Waals surface area contributed by atoms with Gasteiger partial charge in [-0.05, 0) is 42.0 Å². The Bertz CT molecular complexity index is 1320. The van der Waals surface area contributed by atoms with Gasteiger partial charge in [-0.25, -0.2) is 23.7 Å². The van der Waals surface area contributed by atoms with E-state index in [0.717, 1.165) is 11.6 Å². The van der Waals surface area contributed by atoms with Gasteiger partial charge >= 0.3 is 0 Å². The Morgan fingerprint density at radius 2 is 1.79 bits per heavy atom. The smallest absolute Gasteiger partial charge is 0.245 e. The number of aromatic nitrogens is 4. The number of rotatable bonds is 3. The predicted octanol–water partition coefficient (Wildman–Crippen LogP) is 5.29. The Morgan fingerprint density at radius 1 is 0.862 bits per heavy atom. The summed E-state index contributed by atoms with van der Waals surface area (Å²) in [4.78, 5) is 17.6. The maximum Gasteiger partial charge on any atom is 0.245 e. The highest BCUT2D eigenvalue weighted by Crippen LogP contribution is 2.32. The zero-order valence-electron chi connectivity index (χ0n) is 14.9. The van der Waals surface area contributed by atoms with E-state index in [9.17, 15) is 8.78 Å². The maximum atomic E-state index is 14.3. The average molecular weight is 386 g/mol. The fraction of sp³-hybridized carbons (Fsp3) is 0. The van der Waals surface area contributed by atoms with E-state index in [0.29, 0.717) is 33.9 Å². The summed E-state index contributed by atoms with van der Waals surface area (Å²) in [5.74, 6) is -0.481. The topological polar surface area (TPSA) is 64.7 Å². The average Bonchev–Trinajstić information content (AvgIpc) is 3.28. The van der Waals surface area contributed by atoms with Gasteiger partial charge in [-0.1, -0.05) is 6.07 Å². The maximum absolute atomic E-state index is 14.3. The van der Waals surface area contributed by atoms with Crippen LogP contribution in [0.15, 0.2) is 77.8 Å². The van der Waals surface area contributed by atoms with Gasteiger partial charge in [0.2, 0.25) is 5.89 Å². The molecule has 0 spiro atoms. The van der Waals surface area contributed by atoms with E-state index in [4.69, 9.17) is 4.42 Å². The van der Waals surface area contributed by atoms with E-state index in [1.807, 2.05) is 6.07 Å². The number of pyridine rings is 1. The minimum absolute atomic E-state index is 0.281. The van der Waals surface area contributed by atoms with E-state index in [2.05, 4.69) is 19.9 Å². The quantitative estimate of drug-likeness (QED) is 0.421. The van der Waals surface area contributed by atoms with E-state index < -0.39 is 11.6 Å². The summed E-state index contributed by atoms with van der Waals surface area (Å²) in [6, 6.07) is 12.4. The van der Waals surface area contributed by atoms with Crippen LogP contribution in [0, 0.1) is 11.6 Å². The molecule has 0 saturated heterocycles. The molecule has 0 unspecified atom stereocenters. The van der Waals surface area contributed by atoms with Crippen LogP contribution in [-0.2, 0) is 0 Å². The van der Waals surface area contributed by atoms with Gasteiger partial charge < -0.3 is 4.42 Å². The first kappa shape index (κ1) is 17.1. The molecule has 0 radical (unpaired) electrons. The molecule has 0 fully saturated rings. The van der Waals surface area contributed by atoms with E-state index in [-0.39, 0.29) is 5.56 Å². The van der Waals surface area contributed by atoms with Gasteiger partial charge in [0.05, 0.1) is 11.7 Å². The van der Waals surface area contributed by atoms with E-state index in [1.165, 1.54) is 24.6 Å². The van der Waals surface area contributed by atoms with Crippen LogP contribution in [0.3, 0.4) is 0 Å². The molecule has 3 aromatic heterocycles. The molecule has 29 heavy (non-hydrogen) atoms. The third-order valence-corrected chi connectivity index (χ3v) is 4.49. The number of nitrogens with zero attached hydrogens (tertiary/aromatic N) is 4. The molecule has 0 N–H and O–H groups in total. The van der Waals surface area contributed by atoms with Crippen molar-refractivity contribution in [3.05, 3.63) is 85.0 Å². The Kier molecular flexibility index (Phi) is 4.05. The molecule has 140 valence electrons. The lowest BCUT2D eigenvalue weighted by atomic mass is 10.0. The highest BCUT2D eigenvalue weighted by atomic mass is 19.1. The van der Waals surface area contributed by atoms with E-state index in [1.54, 1.807) is 36.7 Å². The largest absolute Gasteiger partial charge is 0.443 e. The summed E-state index contributed by atoms with van der Waals surface area (Å²) in [6.07, 6.45) is 6.32. The zero-order chi connectivity index (χ0) is 19.8. The molecule has 5 aromatic rings. The molecule has 0 bridgehead atoms. The second-order valence-electron chi connectivity index (χ2n) is 6.33. The van der Waals surface area contributed by atoms with Crippen molar-refractivity contribution in [2.45, 2.75) is 0 Å². The monoisotopic (exact) mass is 386 g/mol. The number of hydrogen-bond acceptors (Lipinski definition) is 5. The molecular weight excluding hydrogens is 374 g/mol. The van der Waals surface area contributed by atoms with Crippen LogP contribution >= 0.6 is 0 Å². The lowest BCUT2D eigenvalue weighted by Crippen LogP contribution is -1.96. The summed E-state index contributed by atoms with van der Waals surface area (Å²) in [7, 11) is 0. The Hall–Kier alpha value is -4.00. The second kappa shape index (κ2) is 6.87. The number of oxazole rings is 1. The van der Waals surface area contributed by atoms with Gasteiger partial charge in [0, 0.05) is 35.0 Å². The summed E-state index contributed by atoms with van der Waals surface area (Å²) in [5, 5.41) is 0.640. The highest BCUT2D eigenvalue weighted by Gasteiger charge is 2.16. The lowest BCUT2D eigenvalue weighted by Gasteiger charge is -2.09. The van der Waals surface area contributed by atoms with Crippen molar-refractivity contribution in [3.63, 3.8) is 0 Å². The van der Waals surface area contributed by atoms with Crippen molar-refractivity contribution in [3.8, 4) is 34.1 Å². The van der Waals surface area contributed by atoms with Gasteiger partial charge in [0.1, 0.15) is 23.6 Å². The van der Waals surface area contributed by atoms with Gasteiger partial charge in [0.25, 0.3) is 0 Å². The molecule has 7 heteroatoms. The number of benzene rings is 2. The molecule has 0 saturated carbocycles. The minimum Gasteiger partial charge on any atom is -0.443 e. The van der Waals surface area contributed by atoms with Crippen molar-refractivity contribution >= 4 is 10.9 Å². The van der Waals surface area contributed by atoms with Crippen LogP contribution < -0.4 is 0 Å². The number of halogens is 2. The number of hydrogen-bond donors (Lipinski definition) is 0. The summed E-state index contributed by atoms with van der Waals surface area (Å²) in [5.41, 5.74) is 2.71. The summed E-state index contributed by atoms with van der Waals surface area (Å²) in [6.45, 7) is 0. The predicted molar refractivity (Wildman–Crippen MR) is 104 cm³/mol. The highest BCUT2D eigenvalue weighted by molar-refractivity contribution is 5.94. The van der Waals surface area contributed by atoms with Crippen LogP contribution in [0.2, 0.25) is 0 Å². The standard InChI is InChI=1S/C22H12F2N4O/c23-15-4-5-16(18(24)11-15)13-3-6-19-17(10-13)20(22-26-8-9-29-22)28-21(27-19)14-2-1-7-25-12-14/h1-12H. The first-order chi connectivity index (χ1) is 14.2. The van der Waals surface area contributed by atoms with Gasteiger partial charge in [-0.2, -0.15) is 0 Å². The molecule has 0 aliphatic carbocycles. The fourth-order valence-electron chi connectivity index (χ4n) is 3.15. The molecule has 0 atom stereocenters. The molecular formula is C22H12F2N4O. The third-order valence-electron chi connectivity index (χ3n) is 4.49. The van der Waals surface area contributed by atoms with Gasteiger partial charge in [0.15, 0.2) is 5.82 Å². The van der Waals surface area contributed by atoms with Gasteiger partial charge in [-0.15, -0.1) is 0 Å². The number of fused-ring (bicyclic) bond motifs is 1. The molecule has 0 aliphatic rings. The summed E-state index contributed by atoms with van der Waals surface area (Å²) >= 11 is 0. The van der Waals surface area contributed by atoms with Crippen LogP contribution in [0.25, 0.3) is 45.0 Å². The van der Waals surface area contributed by atoms with Crippen LogP contribution in [0.4, 0.5) is 8.78 Å². The molecule has 5 nitrogen and oxygen atoms in total. The third kappa shape index (κ3) is 3.12. The fourth-order valence-corrected chi connectivity index (χ4v) is 3.15. The van der Waals surface area contributed by atoms with E-state index >= 15 is 0 Å². The first-order valence-electron chi connectivity index (χ1n) is 8.76. The minimum atomic E-state index is -0.644. The van der Waals surface area contributed by atoms with Crippen molar-refractivity contribution in [2.75, 3.05) is 0 Å². The van der Waals surface area contributed by atoms with Crippen LogP contribution in [0.5, 0.6) is 0 Å². The molecule has 0 amide bonds. The molecule has 0 aliphatic heterocycles. The van der Waals surface area contributed by atoms with Crippen molar-refractivity contribution < 1.29 is 13.2 Å². The lowest BCUT2D eigenvalue weighted by molar-refractivity contribution is 0.573. The first-order valence-corrected chi connectivity index (χ1v) is 8.76. The summed E-state index contributed by atoms with van der Waals surface area (Å²) < 4.78 is 33.0.